The highest BCUT2D eigenvalue weighted by atomic mass is 16.6. The number of anilines is 1. The molecule has 6 nitrogen and oxygen atoms in total. The molecule has 6 heteroatoms. The van der Waals surface area contributed by atoms with E-state index in [-0.39, 0.29) is 52.3 Å². The van der Waals surface area contributed by atoms with Crippen LogP contribution in [0.3, 0.4) is 0 Å². The molecule has 1 aromatic carbocycles. The van der Waals surface area contributed by atoms with E-state index in [4.69, 9.17) is 0 Å². The molecule has 3 aliphatic carbocycles. The van der Waals surface area contributed by atoms with E-state index in [0.29, 0.717) is 0 Å². The number of amides is 2. The van der Waals surface area contributed by atoms with E-state index in [2.05, 4.69) is 12.2 Å². The minimum Gasteiger partial charge on any atom is -0.274 e. The van der Waals surface area contributed by atoms with Crippen molar-refractivity contribution in [3.05, 3.63) is 46.5 Å². The van der Waals surface area contributed by atoms with E-state index in [0.717, 1.165) is 17.7 Å². The Balaban J connectivity index is 1.60. The number of carbonyl (C=O) groups excluding carboxylic acids is 2. The Bertz CT molecular complexity index is 777. The molecule has 1 spiro atoms. The number of nitrogens with zero attached hydrogens (tertiary/aromatic N) is 2. The summed E-state index contributed by atoms with van der Waals surface area (Å²) in [5.74, 6) is -0.946. The summed E-state index contributed by atoms with van der Waals surface area (Å²) in [5.41, 5.74) is 0.0387. The van der Waals surface area contributed by atoms with Crippen LogP contribution in [0.15, 0.2) is 36.4 Å². The number of hydrogen-bond donors (Lipinski definition) is 0. The Morgan fingerprint density at radius 2 is 1.61 bits per heavy atom. The maximum Gasteiger partial charge on any atom is 0.293 e. The van der Waals surface area contributed by atoms with Crippen LogP contribution < -0.4 is 4.90 Å². The number of hydrogen-bond acceptors (Lipinski definition) is 4. The molecule has 116 valence electrons. The van der Waals surface area contributed by atoms with Gasteiger partial charge in [-0.2, -0.15) is 0 Å². The zero-order valence-electron chi connectivity index (χ0n) is 12.2. The van der Waals surface area contributed by atoms with Crippen LogP contribution in [0.5, 0.6) is 0 Å². The van der Waals surface area contributed by atoms with Crippen LogP contribution in [0.25, 0.3) is 0 Å². The van der Waals surface area contributed by atoms with E-state index in [1.807, 2.05) is 0 Å². The minimum atomic E-state index is -0.542. The summed E-state index contributed by atoms with van der Waals surface area (Å²) in [7, 11) is 0. The number of rotatable bonds is 2. The maximum absolute atomic E-state index is 12.9. The first kappa shape index (κ1) is 13.0. The molecule has 1 aliphatic heterocycles. The number of fused-ring (bicyclic) bond motifs is 3. The third kappa shape index (κ3) is 1.35. The van der Waals surface area contributed by atoms with Gasteiger partial charge in [-0.15, -0.1) is 0 Å². The van der Waals surface area contributed by atoms with Gasteiger partial charge >= 0.3 is 0 Å². The molecule has 1 saturated heterocycles. The van der Waals surface area contributed by atoms with Crippen molar-refractivity contribution < 1.29 is 14.5 Å². The number of allylic oxidation sites excluding steroid dienone is 2. The molecule has 2 bridgehead atoms. The molecule has 2 saturated carbocycles. The number of nitro groups is 1. The monoisotopic (exact) mass is 310 g/mol. The lowest BCUT2D eigenvalue weighted by Gasteiger charge is -2.21. The summed E-state index contributed by atoms with van der Waals surface area (Å²) in [6.45, 7) is 0. The largest absolute Gasteiger partial charge is 0.293 e. The molecule has 23 heavy (non-hydrogen) atoms. The molecule has 4 aliphatic rings. The van der Waals surface area contributed by atoms with Crippen LogP contribution in [0.1, 0.15) is 12.8 Å². The van der Waals surface area contributed by atoms with Crippen molar-refractivity contribution in [2.24, 2.45) is 29.1 Å². The first-order valence-electron chi connectivity index (χ1n) is 7.86. The second-order valence-electron chi connectivity index (χ2n) is 6.98. The number of carbonyl (C=O) groups is 2. The molecular weight excluding hydrogens is 296 g/mol. The van der Waals surface area contributed by atoms with Crippen LogP contribution in [-0.4, -0.2) is 16.7 Å². The molecule has 4 atom stereocenters. The van der Waals surface area contributed by atoms with Crippen molar-refractivity contribution >= 4 is 23.2 Å². The van der Waals surface area contributed by atoms with Crippen LogP contribution in [-0.2, 0) is 9.59 Å². The minimum absolute atomic E-state index is 0.103. The Morgan fingerprint density at radius 1 is 1.04 bits per heavy atom. The smallest absolute Gasteiger partial charge is 0.274 e. The molecule has 0 unspecified atom stereocenters. The number of benzene rings is 1. The van der Waals surface area contributed by atoms with Crippen molar-refractivity contribution in [3.8, 4) is 0 Å². The maximum atomic E-state index is 12.9. The van der Waals surface area contributed by atoms with Gasteiger partial charge in [0.05, 0.1) is 16.8 Å². The highest BCUT2D eigenvalue weighted by Crippen LogP contribution is 2.73. The Morgan fingerprint density at radius 3 is 2.13 bits per heavy atom. The van der Waals surface area contributed by atoms with Gasteiger partial charge in [0.15, 0.2) is 0 Å². The zero-order valence-corrected chi connectivity index (χ0v) is 12.2. The first-order valence-corrected chi connectivity index (χ1v) is 7.86. The predicted octanol–water partition coefficient (Wildman–Crippen LogP) is 2.30. The molecule has 1 aromatic rings. The molecule has 0 N–H and O–H groups in total. The van der Waals surface area contributed by atoms with Crippen molar-refractivity contribution in [2.75, 3.05) is 4.90 Å². The molecule has 2 amide bonds. The van der Waals surface area contributed by atoms with E-state index in [1.54, 1.807) is 6.07 Å². The van der Waals surface area contributed by atoms with Crippen molar-refractivity contribution in [3.63, 3.8) is 0 Å². The van der Waals surface area contributed by atoms with Crippen LogP contribution >= 0.6 is 0 Å². The van der Waals surface area contributed by atoms with Gasteiger partial charge < -0.3 is 0 Å². The van der Waals surface area contributed by atoms with Crippen LogP contribution in [0.2, 0.25) is 0 Å². The summed E-state index contributed by atoms with van der Waals surface area (Å²) < 4.78 is 0. The lowest BCUT2D eigenvalue weighted by Crippen LogP contribution is -2.35. The predicted molar refractivity (Wildman–Crippen MR) is 80.4 cm³/mol. The number of para-hydroxylation sites is 2. The summed E-state index contributed by atoms with van der Waals surface area (Å²) in [5, 5.41) is 11.2. The summed E-state index contributed by atoms with van der Waals surface area (Å²) in [4.78, 5) is 37.6. The van der Waals surface area contributed by atoms with Crippen LogP contribution in [0, 0.1) is 39.2 Å². The van der Waals surface area contributed by atoms with Gasteiger partial charge in [-0.3, -0.25) is 19.7 Å². The molecular formula is C17H14N2O4. The normalized spacial score (nSPS) is 35.2. The summed E-state index contributed by atoms with van der Waals surface area (Å²) in [6.07, 6.45) is 6.34. The second-order valence-corrected chi connectivity index (χ2v) is 6.98. The van der Waals surface area contributed by atoms with Crippen molar-refractivity contribution in [2.45, 2.75) is 12.8 Å². The fraction of sp³-hybridized carbons (Fsp3) is 0.412. The fourth-order valence-electron chi connectivity index (χ4n) is 5.12. The van der Waals surface area contributed by atoms with Crippen molar-refractivity contribution in [1.29, 1.82) is 0 Å². The molecule has 1 heterocycles. The molecule has 3 fully saturated rings. The quantitative estimate of drug-likeness (QED) is 0.363. The standard InChI is InChI=1S/C17H14N2O4/c20-15-13-9-5-6-10(17(9)7-8-17)14(13)16(21)18(15)11-3-1-2-4-12(11)19(22)23/h1-6,9-10,13-14H,7-8H2/t9-,10-,13+,14+/m1/s1. The SMILES string of the molecule is O=C1[C@@H]2[C@@H](C(=O)N1c1ccccc1[N+](=O)[O-])[C@H]1C=C[C@H]2C12CC2. The molecule has 0 aromatic heterocycles. The Hall–Kier alpha value is -2.50. The summed E-state index contributed by atoms with van der Waals surface area (Å²) in [6, 6.07) is 5.97. The van der Waals surface area contributed by atoms with E-state index in [9.17, 15) is 19.7 Å². The third-order valence-corrected chi connectivity index (χ3v) is 6.17. The topological polar surface area (TPSA) is 80.5 Å². The van der Waals surface area contributed by atoms with Crippen LogP contribution in [0.4, 0.5) is 11.4 Å². The highest BCUT2D eigenvalue weighted by molar-refractivity contribution is 6.23. The second kappa shape index (κ2) is 3.88. The molecule has 0 radical (unpaired) electrons. The third-order valence-electron chi connectivity index (χ3n) is 6.17. The average Bonchev–Trinajstić information content (AvgIpc) is 3.13. The Kier molecular flexibility index (Phi) is 2.19. The van der Waals surface area contributed by atoms with Gasteiger partial charge in [-0.05, 0) is 36.2 Å². The van der Waals surface area contributed by atoms with E-state index < -0.39 is 4.92 Å². The van der Waals surface area contributed by atoms with E-state index >= 15 is 0 Å². The fourth-order valence-corrected chi connectivity index (χ4v) is 5.12. The lowest BCUT2D eigenvalue weighted by molar-refractivity contribution is -0.384. The van der Waals surface area contributed by atoms with Crippen molar-refractivity contribution in [1.82, 2.24) is 0 Å². The van der Waals surface area contributed by atoms with Gasteiger partial charge in [0.1, 0.15) is 5.69 Å². The first-order chi connectivity index (χ1) is 11.1. The van der Waals surface area contributed by atoms with Gasteiger partial charge in [0.2, 0.25) is 11.8 Å². The molecule has 5 rings (SSSR count). The summed E-state index contributed by atoms with van der Waals surface area (Å²) >= 11 is 0. The van der Waals surface area contributed by atoms with Gasteiger partial charge in [-0.25, -0.2) is 4.90 Å². The van der Waals surface area contributed by atoms with E-state index in [1.165, 1.54) is 18.2 Å². The number of imide groups is 1. The average molecular weight is 310 g/mol. The lowest BCUT2D eigenvalue weighted by atomic mass is 9.85. The van der Waals surface area contributed by atoms with Gasteiger partial charge in [0, 0.05) is 6.07 Å². The van der Waals surface area contributed by atoms with Gasteiger partial charge in [0.25, 0.3) is 5.69 Å². The zero-order chi connectivity index (χ0) is 15.9. The Labute approximate surface area is 131 Å². The highest BCUT2D eigenvalue weighted by Gasteiger charge is 2.73. The van der Waals surface area contributed by atoms with Gasteiger partial charge in [-0.1, -0.05) is 24.3 Å². The number of nitro benzene ring substituents is 1.